The molecule has 1 aromatic carbocycles. The van der Waals surface area contributed by atoms with Gasteiger partial charge in [-0.1, -0.05) is 43.7 Å². The van der Waals surface area contributed by atoms with E-state index in [-0.39, 0.29) is 0 Å². The summed E-state index contributed by atoms with van der Waals surface area (Å²) in [4.78, 5) is 2.48. The highest BCUT2D eigenvalue weighted by molar-refractivity contribution is 8.03. The molecule has 2 heterocycles. The van der Waals surface area contributed by atoms with Gasteiger partial charge in [0.25, 0.3) is 0 Å². The maximum Gasteiger partial charge on any atom is 0.0788 e. The van der Waals surface area contributed by atoms with Crippen molar-refractivity contribution < 1.29 is 0 Å². The van der Waals surface area contributed by atoms with Gasteiger partial charge in [-0.2, -0.15) is 0 Å². The molecule has 2 aliphatic heterocycles. The second-order valence-corrected chi connectivity index (χ2v) is 6.67. The van der Waals surface area contributed by atoms with E-state index in [9.17, 15) is 0 Å². The Morgan fingerprint density at radius 1 is 1.25 bits per heavy atom. The number of aryl methyl sites for hydroxylation is 1. The highest BCUT2D eigenvalue weighted by Gasteiger charge is 2.26. The molecule has 0 atom stereocenters. The van der Waals surface area contributed by atoms with Crippen LogP contribution < -0.4 is 4.90 Å². The summed E-state index contributed by atoms with van der Waals surface area (Å²) < 4.78 is 0. The molecule has 0 amide bonds. The molecule has 106 valence electrons. The molecule has 0 N–H and O–H groups in total. The average molecular weight is 306 g/mol. The van der Waals surface area contributed by atoms with Gasteiger partial charge >= 0.3 is 0 Å². The van der Waals surface area contributed by atoms with Gasteiger partial charge in [-0.15, -0.1) is 11.8 Å². The summed E-state index contributed by atoms with van der Waals surface area (Å²) >= 11 is 8.44. The van der Waals surface area contributed by atoms with E-state index in [0.29, 0.717) is 0 Å². The SMILES string of the molecule is CCc1ccc(Cl)c(CC)c1N1CC=CC2=C1SCC2. The molecule has 0 unspecified atom stereocenters. The number of anilines is 1. The van der Waals surface area contributed by atoms with Crippen molar-refractivity contribution in [1.82, 2.24) is 0 Å². The lowest BCUT2D eigenvalue weighted by Gasteiger charge is -2.32. The molecule has 1 aromatic rings. The molecule has 0 fully saturated rings. The van der Waals surface area contributed by atoms with Crippen molar-refractivity contribution in [3.63, 3.8) is 0 Å². The van der Waals surface area contributed by atoms with E-state index in [0.717, 1.165) is 24.4 Å². The Morgan fingerprint density at radius 3 is 2.85 bits per heavy atom. The molecule has 0 spiro atoms. The van der Waals surface area contributed by atoms with E-state index in [1.54, 1.807) is 0 Å². The van der Waals surface area contributed by atoms with Gasteiger partial charge in [0, 0.05) is 23.0 Å². The second kappa shape index (κ2) is 5.87. The molecule has 0 bridgehead atoms. The van der Waals surface area contributed by atoms with Crippen LogP contribution in [-0.4, -0.2) is 12.3 Å². The zero-order valence-electron chi connectivity index (χ0n) is 12.1. The Kier molecular flexibility index (Phi) is 4.13. The minimum atomic E-state index is 0.902. The lowest BCUT2D eigenvalue weighted by molar-refractivity contribution is 0.970. The number of halogens is 1. The summed E-state index contributed by atoms with van der Waals surface area (Å²) in [6, 6.07) is 4.24. The van der Waals surface area contributed by atoms with Crippen molar-refractivity contribution in [3.8, 4) is 0 Å². The van der Waals surface area contributed by atoms with Crippen LogP contribution in [0.2, 0.25) is 5.02 Å². The van der Waals surface area contributed by atoms with Crippen LogP contribution in [0.1, 0.15) is 31.4 Å². The van der Waals surface area contributed by atoms with E-state index in [1.807, 2.05) is 11.8 Å². The lowest BCUT2D eigenvalue weighted by Crippen LogP contribution is -2.25. The number of benzene rings is 1. The van der Waals surface area contributed by atoms with Gasteiger partial charge in [0.1, 0.15) is 0 Å². The van der Waals surface area contributed by atoms with Crippen LogP contribution in [-0.2, 0) is 12.8 Å². The number of hydrogen-bond donors (Lipinski definition) is 0. The zero-order chi connectivity index (χ0) is 14.1. The van der Waals surface area contributed by atoms with Crippen molar-refractivity contribution in [3.05, 3.63) is 51.0 Å². The van der Waals surface area contributed by atoms with E-state index >= 15 is 0 Å². The number of nitrogens with zero attached hydrogens (tertiary/aromatic N) is 1. The van der Waals surface area contributed by atoms with Gasteiger partial charge in [0.15, 0.2) is 0 Å². The first-order valence-corrected chi connectivity index (χ1v) is 8.72. The van der Waals surface area contributed by atoms with Gasteiger partial charge in [0.05, 0.1) is 5.03 Å². The third-order valence-electron chi connectivity index (χ3n) is 4.05. The summed E-state index contributed by atoms with van der Waals surface area (Å²) in [7, 11) is 0. The lowest BCUT2D eigenvalue weighted by atomic mass is 10.0. The van der Waals surface area contributed by atoms with Crippen LogP contribution in [0.25, 0.3) is 0 Å². The van der Waals surface area contributed by atoms with Crippen LogP contribution in [0.15, 0.2) is 34.9 Å². The maximum atomic E-state index is 6.45. The molecular formula is C17H20ClNS. The van der Waals surface area contributed by atoms with E-state index in [1.165, 1.54) is 39.6 Å². The first-order valence-electron chi connectivity index (χ1n) is 7.36. The molecule has 1 nitrogen and oxygen atoms in total. The first kappa shape index (κ1) is 14.1. The fraction of sp³-hybridized carbons (Fsp3) is 0.412. The molecule has 0 radical (unpaired) electrons. The Bertz CT molecular complexity index is 589. The topological polar surface area (TPSA) is 3.24 Å². The quantitative estimate of drug-likeness (QED) is 0.756. The van der Waals surface area contributed by atoms with Gasteiger partial charge in [-0.25, -0.2) is 0 Å². The predicted molar refractivity (Wildman–Crippen MR) is 90.8 cm³/mol. The molecule has 2 aliphatic rings. The Morgan fingerprint density at radius 2 is 2.10 bits per heavy atom. The summed E-state index contributed by atoms with van der Waals surface area (Å²) in [6.45, 7) is 5.39. The van der Waals surface area contributed by atoms with Crippen LogP contribution in [0.3, 0.4) is 0 Å². The molecule has 3 heteroatoms. The van der Waals surface area contributed by atoms with Gasteiger partial charge in [-0.3, -0.25) is 0 Å². The summed E-state index contributed by atoms with van der Waals surface area (Å²) in [6.07, 6.45) is 7.80. The molecule has 0 aromatic heterocycles. The second-order valence-electron chi connectivity index (χ2n) is 5.18. The Hall–Kier alpha value is -0.860. The van der Waals surface area contributed by atoms with Crippen LogP contribution in [0, 0.1) is 0 Å². The third-order valence-corrected chi connectivity index (χ3v) is 5.57. The van der Waals surface area contributed by atoms with Crippen LogP contribution in [0.4, 0.5) is 5.69 Å². The number of thioether (sulfide) groups is 1. The smallest absolute Gasteiger partial charge is 0.0788 e. The highest BCUT2D eigenvalue weighted by atomic mass is 35.5. The van der Waals surface area contributed by atoms with Crippen LogP contribution >= 0.6 is 23.4 Å². The fourth-order valence-electron chi connectivity index (χ4n) is 3.06. The van der Waals surface area contributed by atoms with E-state index in [2.05, 4.69) is 43.0 Å². The highest BCUT2D eigenvalue weighted by Crippen LogP contribution is 2.43. The molecule has 3 rings (SSSR count). The minimum absolute atomic E-state index is 0.902. The number of rotatable bonds is 3. The molecular weight excluding hydrogens is 286 g/mol. The Labute approximate surface area is 130 Å². The van der Waals surface area contributed by atoms with Crippen LogP contribution in [0.5, 0.6) is 0 Å². The van der Waals surface area contributed by atoms with Crippen molar-refractivity contribution in [2.24, 2.45) is 0 Å². The van der Waals surface area contributed by atoms with Gasteiger partial charge in [0.2, 0.25) is 0 Å². The molecule has 0 saturated carbocycles. The summed E-state index contributed by atoms with van der Waals surface area (Å²) in [5.74, 6) is 1.20. The largest absolute Gasteiger partial charge is 0.332 e. The Balaban J connectivity index is 2.14. The van der Waals surface area contributed by atoms with E-state index in [4.69, 9.17) is 11.6 Å². The van der Waals surface area contributed by atoms with Gasteiger partial charge < -0.3 is 4.90 Å². The van der Waals surface area contributed by atoms with E-state index < -0.39 is 0 Å². The number of hydrogen-bond acceptors (Lipinski definition) is 2. The minimum Gasteiger partial charge on any atom is -0.332 e. The molecule has 0 aliphatic carbocycles. The van der Waals surface area contributed by atoms with Crippen molar-refractivity contribution >= 4 is 29.1 Å². The molecule has 20 heavy (non-hydrogen) atoms. The number of allylic oxidation sites excluding steroid dienone is 2. The normalized spacial score (nSPS) is 17.9. The zero-order valence-corrected chi connectivity index (χ0v) is 13.7. The monoisotopic (exact) mass is 305 g/mol. The predicted octanol–water partition coefficient (Wildman–Crippen LogP) is 5.19. The van der Waals surface area contributed by atoms with Gasteiger partial charge in [-0.05, 0) is 42.0 Å². The average Bonchev–Trinajstić information content (AvgIpc) is 2.95. The summed E-state index contributed by atoms with van der Waals surface area (Å²) in [5, 5.41) is 2.35. The fourth-order valence-corrected chi connectivity index (χ4v) is 4.54. The first-order chi connectivity index (χ1) is 9.76. The summed E-state index contributed by atoms with van der Waals surface area (Å²) in [5.41, 5.74) is 5.54. The third kappa shape index (κ3) is 2.29. The van der Waals surface area contributed by atoms with Crippen molar-refractivity contribution in [1.29, 1.82) is 0 Å². The molecule has 0 saturated heterocycles. The standard InChI is InChI=1S/C17H20ClNS/c1-3-12-7-8-15(18)14(4-2)16(12)19-10-5-6-13-9-11-20-17(13)19/h5-8H,3-4,9-11H2,1-2H3. The van der Waals surface area contributed by atoms with Crippen molar-refractivity contribution in [2.75, 3.05) is 17.2 Å². The maximum absolute atomic E-state index is 6.45. The van der Waals surface area contributed by atoms with Crippen molar-refractivity contribution in [2.45, 2.75) is 33.1 Å².